The smallest absolute Gasteiger partial charge is 0.257 e. The van der Waals surface area contributed by atoms with Gasteiger partial charge in [-0.05, 0) is 29.8 Å². The summed E-state index contributed by atoms with van der Waals surface area (Å²) in [5, 5.41) is 2.35. The molecule has 0 saturated carbocycles. The quantitative estimate of drug-likeness (QED) is 0.849. The Labute approximate surface area is 113 Å². The molecule has 2 rings (SSSR count). The maximum absolute atomic E-state index is 13.6. The van der Waals surface area contributed by atoms with Crippen LogP contribution in [0.5, 0.6) is 0 Å². The number of anilines is 1. The summed E-state index contributed by atoms with van der Waals surface area (Å²) in [5.74, 6) is -3.42. The number of nitrogen functional groups attached to an aromatic ring is 1. The van der Waals surface area contributed by atoms with E-state index in [1.165, 1.54) is 24.3 Å². The molecule has 0 atom stereocenters. The first-order valence-electron chi connectivity index (χ1n) is 5.75. The number of amides is 1. The minimum absolute atomic E-state index is 0.0206. The van der Waals surface area contributed by atoms with Gasteiger partial charge in [0.1, 0.15) is 17.2 Å². The average molecular weight is 280 g/mol. The molecule has 0 fully saturated rings. The molecule has 3 nitrogen and oxygen atoms in total. The van der Waals surface area contributed by atoms with Gasteiger partial charge in [0, 0.05) is 6.54 Å². The largest absolute Gasteiger partial charge is 0.396 e. The molecular formula is C14H11F3N2O. The van der Waals surface area contributed by atoms with Crippen molar-refractivity contribution in [3.05, 3.63) is 65.0 Å². The fourth-order valence-corrected chi connectivity index (χ4v) is 1.65. The van der Waals surface area contributed by atoms with Gasteiger partial charge in [-0.3, -0.25) is 4.79 Å². The van der Waals surface area contributed by atoms with E-state index in [9.17, 15) is 18.0 Å². The number of carbonyl (C=O) groups excluding carboxylic acids is 1. The minimum Gasteiger partial charge on any atom is -0.396 e. The minimum atomic E-state index is -1.10. The van der Waals surface area contributed by atoms with Gasteiger partial charge in [0.15, 0.2) is 5.82 Å². The van der Waals surface area contributed by atoms with Crippen LogP contribution in [0.4, 0.5) is 18.9 Å². The second-order valence-electron chi connectivity index (χ2n) is 4.13. The Kier molecular flexibility index (Phi) is 3.93. The summed E-state index contributed by atoms with van der Waals surface area (Å²) in [6.45, 7) is 0.0206. The summed E-state index contributed by atoms with van der Waals surface area (Å²) in [6, 6.07) is 7.34. The summed E-state index contributed by atoms with van der Waals surface area (Å²) in [5.41, 5.74) is 4.85. The number of carbonyl (C=O) groups is 1. The van der Waals surface area contributed by atoms with Crippen LogP contribution in [0.3, 0.4) is 0 Å². The predicted octanol–water partition coefficient (Wildman–Crippen LogP) is 2.62. The molecule has 0 aromatic heterocycles. The molecule has 0 radical (unpaired) electrons. The standard InChI is InChI=1S/C14H11F3N2O/c15-9-3-1-8(2-4-9)7-19-14(20)12-10(16)5-6-11(18)13(12)17/h1-6H,7,18H2,(H,19,20). The van der Waals surface area contributed by atoms with E-state index < -0.39 is 28.9 Å². The zero-order valence-corrected chi connectivity index (χ0v) is 10.3. The number of halogens is 3. The Hall–Kier alpha value is -2.50. The summed E-state index contributed by atoms with van der Waals surface area (Å²) in [4.78, 5) is 11.8. The van der Waals surface area contributed by atoms with Gasteiger partial charge in [0.05, 0.1) is 5.69 Å². The lowest BCUT2D eigenvalue weighted by atomic mass is 10.1. The average Bonchev–Trinajstić information content (AvgIpc) is 2.43. The van der Waals surface area contributed by atoms with Crippen molar-refractivity contribution >= 4 is 11.6 Å². The number of hydrogen-bond acceptors (Lipinski definition) is 2. The number of nitrogens with one attached hydrogen (secondary N) is 1. The van der Waals surface area contributed by atoms with Gasteiger partial charge in [-0.2, -0.15) is 0 Å². The lowest BCUT2D eigenvalue weighted by Gasteiger charge is -2.08. The van der Waals surface area contributed by atoms with E-state index in [0.29, 0.717) is 5.56 Å². The molecule has 104 valence electrons. The molecule has 1 amide bonds. The highest BCUT2D eigenvalue weighted by molar-refractivity contribution is 5.95. The fraction of sp³-hybridized carbons (Fsp3) is 0.0714. The fourth-order valence-electron chi connectivity index (χ4n) is 1.65. The first-order valence-corrected chi connectivity index (χ1v) is 5.75. The zero-order valence-electron chi connectivity index (χ0n) is 10.3. The summed E-state index contributed by atoms with van der Waals surface area (Å²) in [6.07, 6.45) is 0. The van der Waals surface area contributed by atoms with Crippen LogP contribution >= 0.6 is 0 Å². The van der Waals surface area contributed by atoms with Crippen molar-refractivity contribution in [2.24, 2.45) is 0 Å². The second kappa shape index (κ2) is 5.64. The summed E-state index contributed by atoms with van der Waals surface area (Å²) >= 11 is 0. The maximum Gasteiger partial charge on any atom is 0.257 e. The highest BCUT2D eigenvalue weighted by Gasteiger charge is 2.19. The van der Waals surface area contributed by atoms with Crippen LogP contribution < -0.4 is 11.1 Å². The molecule has 0 bridgehead atoms. The maximum atomic E-state index is 13.6. The lowest BCUT2D eigenvalue weighted by Crippen LogP contribution is -2.25. The number of benzene rings is 2. The van der Waals surface area contributed by atoms with Crippen LogP contribution in [-0.4, -0.2) is 5.91 Å². The van der Waals surface area contributed by atoms with Gasteiger partial charge in [0.2, 0.25) is 0 Å². The third kappa shape index (κ3) is 2.90. The Balaban J connectivity index is 2.13. The monoisotopic (exact) mass is 280 g/mol. The SMILES string of the molecule is Nc1ccc(F)c(C(=O)NCc2ccc(F)cc2)c1F. The molecule has 0 saturated heterocycles. The molecule has 0 aliphatic heterocycles. The van der Waals surface area contributed by atoms with Crippen LogP contribution in [0.15, 0.2) is 36.4 Å². The Bertz CT molecular complexity index is 642. The van der Waals surface area contributed by atoms with E-state index in [2.05, 4.69) is 5.32 Å². The second-order valence-corrected chi connectivity index (χ2v) is 4.13. The molecule has 3 N–H and O–H groups in total. The van der Waals surface area contributed by atoms with E-state index in [-0.39, 0.29) is 12.2 Å². The Morgan fingerprint density at radius 2 is 1.70 bits per heavy atom. The Morgan fingerprint density at radius 3 is 2.35 bits per heavy atom. The zero-order chi connectivity index (χ0) is 14.7. The predicted molar refractivity (Wildman–Crippen MR) is 68.3 cm³/mol. The number of nitrogens with two attached hydrogens (primary N) is 1. The molecule has 6 heteroatoms. The van der Waals surface area contributed by atoms with Gasteiger partial charge in [-0.15, -0.1) is 0 Å². The van der Waals surface area contributed by atoms with Crippen LogP contribution in [0.1, 0.15) is 15.9 Å². The molecule has 0 heterocycles. The number of rotatable bonds is 3. The van der Waals surface area contributed by atoms with Gasteiger partial charge >= 0.3 is 0 Å². The third-order valence-electron chi connectivity index (χ3n) is 2.71. The van der Waals surface area contributed by atoms with Crippen molar-refractivity contribution in [1.82, 2.24) is 5.32 Å². The van der Waals surface area contributed by atoms with Crippen LogP contribution in [0.25, 0.3) is 0 Å². The molecular weight excluding hydrogens is 269 g/mol. The van der Waals surface area contributed by atoms with E-state index in [4.69, 9.17) is 5.73 Å². The topological polar surface area (TPSA) is 55.1 Å². The van der Waals surface area contributed by atoms with Gasteiger partial charge in [0.25, 0.3) is 5.91 Å². The van der Waals surface area contributed by atoms with E-state index in [1.54, 1.807) is 0 Å². The molecule has 20 heavy (non-hydrogen) atoms. The van der Waals surface area contributed by atoms with E-state index in [1.807, 2.05) is 0 Å². The Morgan fingerprint density at radius 1 is 1.05 bits per heavy atom. The normalized spacial score (nSPS) is 10.3. The van der Waals surface area contributed by atoms with Crippen LogP contribution in [0.2, 0.25) is 0 Å². The number of hydrogen-bond donors (Lipinski definition) is 2. The first kappa shape index (κ1) is 13.9. The molecule has 2 aromatic carbocycles. The van der Waals surface area contributed by atoms with Gasteiger partial charge in [-0.1, -0.05) is 12.1 Å². The molecule has 0 aliphatic carbocycles. The summed E-state index contributed by atoms with van der Waals surface area (Å²) < 4.78 is 39.8. The van der Waals surface area contributed by atoms with E-state index >= 15 is 0 Å². The molecule has 0 spiro atoms. The third-order valence-corrected chi connectivity index (χ3v) is 2.71. The molecule has 0 unspecified atom stereocenters. The van der Waals surface area contributed by atoms with Crippen molar-refractivity contribution in [3.63, 3.8) is 0 Å². The summed E-state index contributed by atoms with van der Waals surface area (Å²) in [7, 11) is 0. The lowest BCUT2D eigenvalue weighted by molar-refractivity contribution is 0.0942. The van der Waals surface area contributed by atoms with Crippen molar-refractivity contribution in [2.75, 3.05) is 5.73 Å². The highest BCUT2D eigenvalue weighted by Crippen LogP contribution is 2.18. The van der Waals surface area contributed by atoms with Crippen molar-refractivity contribution in [3.8, 4) is 0 Å². The molecule has 0 aliphatic rings. The van der Waals surface area contributed by atoms with Crippen LogP contribution in [0, 0.1) is 17.5 Å². The van der Waals surface area contributed by atoms with Crippen molar-refractivity contribution in [2.45, 2.75) is 6.54 Å². The van der Waals surface area contributed by atoms with Crippen molar-refractivity contribution in [1.29, 1.82) is 0 Å². The van der Waals surface area contributed by atoms with E-state index in [0.717, 1.165) is 12.1 Å². The van der Waals surface area contributed by atoms with Crippen molar-refractivity contribution < 1.29 is 18.0 Å². The highest BCUT2D eigenvalue weighted by atomic mass is 19.1. The molecule has 2 aromatic rings. The first-order chi connectivity index (χ1) is 9.49. The van der Waals surface area contributed by atoms with Crippen LogP contribution in [-0.2, 0) is 6.54 Å². The van der Waals surface area contributed by atoms with Gasteiger partial charge < -0.3 is 11.1 Å². The van der Waals surface area contributed by atoms with Gasteiger partial charge in [-0.25, -0.2) is 13.2 Å².